The number of likely N-dealkylation sites (N-methyl/N-ethyl adjacent to an activating group) is 1. The van der Waals surface area contributed by atoms with Crippen LogP contribution in [0.2, 0.25) is 0 Å². The Morgan fingerprint density at radius 2 is 2.09 bits per heavy atom. The summed E-state index contributed by atoms with van der Waals surface area (Å²) >= 11 is 6.48. The second kappa shape index (κ2) is 11.2. The van der Waals surface area contributed by atoms with Crippen molar-refractivity contribution in [2.75, 3.05) is 31.6 Å². The van der Waals surface area contributed by atoms with Gasteiger partial charge in [-0.1, -0.05) is 37.3 Å². The Bertz CT molecular complexity index is 1140. The van der Waals surface area contributed by atoms with E-state index in [9.17, 15) is 19.6 Å². The Hall–Kier alpha value is -2.64. The molecule has 0 N–H and O–H groups in total. The SMILES string of the molecule is CCCCn1c(N2CCCC(C(=O)OCC)C2)c(/C=C2\SC(=S)N(C)C2=O)c(C)c(C#N)c1=O. The Balaban J connectivity index is 2.22. The van der Waals surface area contributed by atoms with E-state index in [-0.39, 0.29) is 28.9 Å². The van der Waals surface area contributed by atoms with Crippen LogP contribution in [-0.4, -0.2) is 52.4 Å². The zero-order chi connectivity index (χ0) is 25.0. The number of carbonyl (C=O) groups excluding carboxylic acids is 2. The largest absolute Gasteiger partial charge is 0.466 e. The van der Waals surface area contributed by atoms with E-state index < -0.39 is 0 Å². The van der Waals surface area contributed by atoms with Gasteiger partial charge in [0.05, 0.1) is 17.4 Å². The number of nitrogens with zero attached hydrogens (tertiary/aromatic N) is 4. The number of rotatable bonds is 7. The third kappa shape index (κ3) is 5.05. The van der Waals surface area contributed by atoms with Crippen LogP contribution in [0.25, 0.3) is 6.08 Å². The first kappa shape index (κ1) is 26.0. The third-order valence-corrected chi connectivity index (χ3v) is 7.67. The highest BCUT2D eigenvalue weighted by Gasteiger charge is 2.33. The minimum absolute atomic E-state index is 0.0667. The highest BCUT2D eigenvalue weighted by atomic mass is 32.2. The number of amides is 1. The van der Waals surface area contributed by atoms with E-state index in [1.165, 1.54) is 16.7 Å². The minimum Gasteiger partial charge on any atom is -0.466 e. The molecule has 2 fully saturated rings. The van der Waals surface area contributed by atoms with E-state index in [1.54, 1.807) is 31.5 Å². The van der Waals surface area contributed by atoms with E-state index >= 15 is 0 Å². The fourth-order valence-electron chi connectivity index (χ4n) is 4.31. The van der Waals surface area contributed by atoms with Gasteiger partial charge in [-0.15, -0.1) is 0 Å². The topological polar surface area (TPSA) is 95.6 Å². The van der Waals surface area contributed by atoms with Crippen LogP contribution in [-0.2, 0) is 20.9 Å². The molecule has 1 atom stereocenters. The lowest BCUT2D eigenvalue weighted by atomic mass is 9.96. The number of ether oxygens (including phenoxy) is 1. The van der Waals surface area contributed by atoms with Crippen molar-refractivity contribution in [2.45, 2.75) is 53.0 Å². The van der Waals surface area contributed by atoms with Gasteiger partial charge in [-0.3, -0.25) is 23.9 Å². The quantitative estimate of drug-likeness (QED) is 0.318. The van der Waals surface area contributed by atoms with Gasteiger partial charge in [-0.25, -0.2) is 0 Å². The molecule has 2 aliphatic heterocycles. The molecule has 0 spiro atoms. The van der Waals surface area contributed by atoms with Gasteiger partial charge in [0.1, 0.15) is 21.8 Å². The molecular formula is C24H30N4O4S2. The van der Waals surface area contributed by atoms with Gasteiger partial charge in [0, 0.05) is 32.2 Å². The van der Waals surface area contributed by atoms with Gasteiger partial charge < -0.3 is 9.64 Å². The number of hydrogen-bond donors (Lipinski definition) is 0. The van der Waals surface area contributed by atoms with E-state index in [2.05, 4.69) is 6.07 Å². The number of thioether (sulfide) groups is 1. The van der Waals surface area contributed by atoms with Crippen molar-refractivity contribution >= 4 is 52.1 Å². The molecule has 10 heteroatoms. The van der Waals surface area contributed by atoms with Crippen LogP contribution in [0.3, 0.4) is 0 Å². The molecule has 1 aromatic rings. The zero-order valence-corrected chi connectivity index (χ0v) is 21.7. The molecule has 182 valence electrons. The molecule has 1 unspecified atom stereocenters. The van der Waals surface area contributed by atoms with Crippen LogP contribution in [0.1, 0.15) is 56.2 Å². The molecule has 2 aliphatic rings. The number of anilines is 1. The summed E-state index contributed by atoms with van der Waals surface area (Å²) in [5.74, 6) is -0.118. The molecule has 0 aromatic carbocycles. The van der Waals surface area contributed by atoms with E-state index in [0.29, 0.717) is 58.8 Å². The van der Waals surface area contributed by atoms with Gasteiger partial charge in [0.25, 0.3) is 11.5 Å². The van der Waals surface area contributed by atoms with Crippen molar-refractivity contribution in [2.24, 2.45) is 5.92 Å². The van der Waals surface area contributed by atoms with Gasteiger partial charge in [-0.2, -0.15) is 5.26 Å². The third-order valence-electron chi connectivity index (χ3n) is 6.18. The maximum absolute atomic E-state index is 13.4. The number of hydrogen-bond acceptors (Lipinski definition) is 8. The molecule has 0 radical (unpaired) electrons. The van der Waals surface area contributed by atoms with Crippen LogP contribution in [0.15, 0.2) is 9.70 Å². The molecule has 0 saturated carbocycles. The van der Waals surface area contributed by atoms with E-state index in [4.69, 9.17) is 17.0 Å². The van der Waals surface area contributed by atoms with Crippen molar-refractivity contribution < 1.29 is 14.3 Å². The van der Waals surface area contributed by atoms with Gasteiger partial charge >= 0.3 is 5.97 Å². The summed E-state index contributed by atoms with van der Waals surface area (Å²) in [6.07, 6.45) is 4.85. The number of nitriles is 1. The Labute approximate surface area is 209 Å². The van der Waals surface area contributed by atoms with Crippen LogP contribution in [0, 0.1) is 24.2 Å². The minimum atomic E-state index is -0.345. The first-order valence-corrected chi connectivity index (χ1v) is 12.8. The van der Waals surface area contributed by atoms with Crippen molar-refractivity contribution in [3.63, 3.8) is 0 Å². The van der Waals surface area contributed by atoms with Gasteiger partial charge in [-0.05, 0) is 44.7 Å². The van der Waals surface area contributed by atoms with Crippen molar-refractivity contribution in [1.29, 1.82) is 5.26 Å². The number of unbranched alkanes of at least 4 members (excludes halogenated alkanes) is 1. The summed E-state index contributed by atoms with van der Waals surface area (Å²) in [5, 5.41) is 9.79. The Morgan fingerprint density at radius 3 is 2.68 bits per heavy atom. The number of esters is 1. The highest BCUT2D eigenvalue weighted by molar-refractivity contribution is 8.26. The molecule has 8 nitrogen and oxygen atoms in total. The standard InChI is InChI=1S/C24H30N4O4S2/c1-5-7-11-28-20(27-10-8-9-16(14-27)23(31)32-6-2)17(15(3)18(13-25)21(28)29)12-19-22(30)26(4)24(33)34-19/h12,16H,5-11,14H2,1-4H3/b19-12-. The molecule has 2 saturated heterocycles. The van der Waals surface area contributed by atoms with Crippen molar-refractivity contribution in [3.8, 4) is 6.07 Å². The molecule has 0 bridgehead atoms. The molecule has 3 rings (SSSR count). The lowest BCUT2D eigenvalue weighted by molar-refractivity contribution is -0.148. The maximum atomic E-state index is 13.4. The Morgan fingerprint density at radius 1 is 1.35 bits per heavy atom. The molecule has 0 aliphatic carbocycles. The van der Waals surface area contributed by atoms with Crippen LogP contribution >= 0.6 is 24.0 Å². The molecule has 1 aromatic heterocycles. The summed E-state index contributed by atoms with van der Waals surface area (Å²) in [7, 11) is 1.63. The average Bonchev–Trinajstić information content (AvgIpc) is 3.06. The summed E-state index contributed by atoms with van der Waals surface area (Å²) in [6.45, 7) is 7.38. The first-order chi connectivity index (χ1) is 16.2. The monoisotopic (exact) mass is 502 g/mol. The van der Waals surface area contributed by atoms with Crippen molar-refractivity contribution in [1.82, 2.24) is 9.47 Å². The van der Waals surface area contributed by atoms with E-state index in [1.807, 2.05) is 11.8 Å². The fraction of sp³-hybridized carbons (Fsp3) is 0.542. The maximum Gasteiger partial charge on any atom is 0.310 e. The van der Waals surface area contributed by atoms with Crippen LogP contribution in [0.5, 0.6) is 0 Å². The number of pyridine rings is 1. The lowest BCUT2D eigenvalue weighted by Crippen LogP contribution is -2.43. The zero-order valence-electron chi connectivity index (χ0n) is 20.0. The summed E-state index contributed by atoms with van der Waals surface area (Å²) in [6, 6.07) is 2.07. The number of thiocarbonyl (C=S) groups is 1. The number of piperidine rings is 1. The number of aromatic nitrogens is 1. The van der Waals surface area contributed by atoms with Gasteiger partial charge in [0.2, 0.25) is 0 Å². The fourth-order valence-corrected chi connectivity index (χ4v) is 5.47. The van der Waals surface area contributed by atoms with E-state index in [0.717, 1.165) is 19.3 Å². The highest BCUT2D eigenvalue weighted by Crippen LogP contribution is 2.36. The predicted molar refractivity (Wildman–Crippen MR) is 138 cm³/mol. The van der Waals surface area contributed by atoms with Gasteiger partial charge in [0.15, 0.2) is 0 Å². The normalized spacial score (nSPS) is 19.6. The summed E-state index contributed by atoms with van der Waals surface area (Å²) in [5.41, 5.74) is 0.888. The van der Waals surface area contributed by atoms with Crippen LogP contribution < -0.4 is 10.5 Å². The average molecular weight is 503 g/mol. The molecule has 34 heavy (non-hydrogen) atoms. The molecule has 3 heterocycles. The lowest BCUT2D eigenvalue weighted by Gasteiger charge is -2.36. The molecule has 1 amide bonds. The first-order valence-electron chi connectivity index (χ1n) is 11.6. The second-order valence-electron chi connectivity index (χ2n) is 8.44. The smallest absolute Gasteiger partial charge is 0.310 e. The predicted octanol–water partition coefficient (Wildman–Crippen LogP) is 3.44. The van der Waals surface area contributed by atoms with Crippen LogP contribution in [0.4, 0.5) is 5.82 Å². The second-order valence-corrected chi connectivity index (χ2v) is 10.1. The summed E-state index contributed by atoms with van der Waals surface area (Å²) < 4.78 is 7.36. The molecular weight excluding hydrogens is 472 g/mol. The Kier molecular flexibility index (Phi) is 8.55. The van der Waals surface area contributed by atoms with Crippen molar-refractivity contribution in [3.05, 3.63) is 31.9 Å². The number of carbonyl (C=O) groups is 2. The summed E-state index contributed by atoms with van der Waals surface area (Å²) in [4.78, 5) is 42.5.